The highest BCUT2D eigenvalue weighted by molar-refractivity contribution is 6.42. The molecule has 2 aliphatic rings. The molecule has 0 aliphatic carbocycles. The summed E-state index contributed by atoms with van der Waals surface area (Å²) in [4.78, 5) is 34.8. The normalized spacial score (nSPS) is 17.1. The number of nitrogens with zero attached hydrogens (tertiary/aromatic N) is 4. The second kappa shape index (κ2) is 11.4. The van der Waals surface area contributed by atoms with Crippen molar-refractivity contribution in [2.45, 2.75) is 12.8 Å². The first-order valence-corrected chi connectivity index (χ1v) is 12.9. The quantitative estimate of drug-likeness (QED) is 0.506. The zero-order chi connectivity index (χ0) is 24.7. The number of para-hydroxylation sites is 3. The Morgan fingerprint density at radius 2 is 1.17 bits per heavy atom. The zero-order valence-corrected chi connectivity index (χ0v) is 20.7. The molecule has 6 nitrogen and oxygen atoms in total. The van der Waals surface area contributed by atoms with Crippen molar-refractivity contribution in [1.29, 1.82) is 0 Å². The van der Waals surface area contributed by atoms with Gasteiger partial charge < -0.3 is 9.80 Å². The van der Waals surface area contributed by atoms with E-state index in [2.05, 4.69) is 40.1 Å². The van der Waals surface area contributed by atoms with Crippen molar-refractivity contribution in [2.75, 3.05) is 55.6 Å². The van der Waals surface area contributed by atoms with Gasteiger partial charge in [0.25, 0.3) is 0 Å². The molecule has 2 heterocycles. The maximum atomic E-state index is 13.4. The van der Waals surface area contributed by atoms with E-state index in [-0.39, 0.29) is 0 Å². The van der Waals surface area contributed by atoms with Crippen molar-refractivity contribution in [2.24, 2.45) is 5.92 Å². The number of benzene rings is 3. The summed E-state index contributed by atoms with van der Waals surface area (Å²) in [6.45, 7) is 6.06. The van der Waals surface area contributed by atoms with Crippen molar-refractivity contribution >= 4 is 28.9 Å². The lowest BCUT2D eigenvalue weighted by Gasteiger charge is -2.39. The molecule has 2 aliphatic heterocycles. The van der Waals surface area contributed by atoms with Crippen LogP contribution in [0.3, 0.4) is 0 Å². The number of piperazine rings is 1. The van der Waals surface area contributed by atoms with Crippen LogP contribution in [0.15, 0.2) is 91.0 Å². The number of carbonyl (C=O) groups excluding carboxylic acids is 2. The van der Waals surface area contributed by atoms with Crippen LogP contribution >= 0.6 is 0 Å². The van der Waals surface area contributed by atoms with Gasteiger partial charge in [0.1, 0.15) is 0 Å². The number of rotatable bonds is 5. The second-order valence-electron chi connectivity index (χ2n) is 9.67. The van der Waals surface area contributed by atoms with E-state index in [0.717, 1.165) is 32.7 Å². The van der Waals surface area contributed by atoms with Gasteiger partial charge in [-0.15, -0.1) is 0 Å². The minimum atomic E-state index is -0.505. The van der Waals surface area contributed by atoms with Gasteiger partial charge in [-0.3, -0.25) is 19.4 Å². The molecule has 36 heavy (non-hydrogen) atoms. The van der Waals surface area contributed by atoms with Gasteiger partial charge in [-0.2, -0.15) is 0 Å². The Labute approximate surface area is 213 Å². The highest BCUT2D eigenvalue weighted by Crippen LogP contribution is 2.26. The van der Waals surface area contributed by atoms with Crippen LogP contribution in [0.5, 0.6) is 0 Å². The molecule has 6 heteroatoms. The number of piperidine rings is 1. The van der Waals surface area contributed by atoms with Crippen LogP contribution in [0, 0.1) is 5.92 Å². The molecular formula is C30H34N4O2. The molecule has 0 spiro atoms. The highest BCUT2D eigenvalue weighted by atomic mass is 16.2. The van der Waals surface area contributed by atoms with Gasteiger partial charge in [0, 0.05) is 62.9 Å². The van der Waals surface area contributed by atoms with E-state index in [4.69, 9.17) is 0 Å². The fourth-order valence-electron chi connectivity index (χ4n) is 5.28. The first-order valence-electron chi connectivity index (χ1n) is 12.9. The van der Waals surface area contributed by atoms with Gasteiger partial charge >= 0.3 is 11.8 Å². The predicted octanol–water partition coefficient (Wildman–Crippen LogP) is 4.41. The molecule has 3 aromatic carbocycles. The fourth-order valence-corrected chi connectivity index (χ4v) is 5.28. The molecule has 5 rings (SSSR count). The van der Waals surface area contributed by atoms with Gasteiger partial charge in [-0.25, -0.2) is 0 Å². The topological polar surface area (TPSA) is 47.1 Å². The Bertz CT molecular complexity index is 1080. The Kier molecular flexibility index (Phi) is 7.62. The summed E-state index contributed by atoms with van der Waals surface area (Å²) in [5, 5.41) is 0. The summed E-state index contributed by atoms with van der Waals surface area (Å²) in [6.07, 6.45) is 2.38. The summed E-state index contributed by atoms with van der Waals surface area (Å²) >= 11 is 0. The molecule has 0 aromatic heterocycles. The van der Waals surface area contributed by atoms with Crippen LogP contribution in [-0.4, -0.2) is 67.4 Å². The van der Waals surface area contributed by atoms with Gasteiger partial charge in [0.2, 0.25) is 0 Å². The molecule has 186 valence electrons. The van der Waals surface area contributed by atoms with Gasteiger partial charge in [0.05, 0.1) is 0 Å². The molecule has 0 bridgehead atoms. The third-order valence-corrected chi connectivity index (χ3v) is 7.33. The van der Waals surface area contributed by atoms with Crippen molar-refractivity contribution in [1.82, 2.24) is 9.80 Å². The van der Waals surface area contributed by atoms with E-state index in [1.54, 1.807) is 4.90 Å². The fraction of sp³-hybridized carbons (Fsp3) is 0.333. The first kappa shape index (κ1) is 24.1. The maximum Gasteiger partial charge on any atom is 0.321 e. The monoisotopic (exact) mass is 482 g/mol. The number of amides is 2. The number of anilines is 3. The predicted molar refractivity (Wildman–Crippen MR) is 144 cm³/mol. The third-order valence-electron chi connectivity index (χ3n) is 7.33. The summed E-state index contributed by atoms with van der Waals surface area (Å²) in [5.74, 6) is -0.256. The van der Waals surface area contributed by atoms with E-state index in [9.17, 15) is 9.59 Å². The molecule has 2 saturated heterocycles. The summed E-state index contributed by atoms with van der Waals surface area (Å²) < 4.78 is 0. The van der Waals surface area contributed by atoms with Gasteiger partial charge in [0.15, 0.2) is 0 Å². The molecule has 3 aromatic rings. The second-order valence-corrected chi connectivity index (χ2v) is 9.67. The van der Waals surface area contributed by atoms with Crippen LogP contribution < -0.4 is 9.80 Å². The minimum absolute atomic E-state index is 0.432. The van der Waals surface area contributed by atoms with Crippen LogP contribution in [0.1, 0.15) is 12.8 Å². The SMILES string of the molecule is O=C(C(=O)N(c1ccccc1)c1ccccc1)N1CCN(CC2CCN(c3ccccc3)CC2)CC1. The molecule has 0 saturated carbocycles. The first-order chi connectivity index (χ1) is 17.7. The number of hydrogen-bond acceptors (Lipinski definition) is 4. The standard InChI is InChI=1S/C30H34N4O2/c35-29(30(36)34(27-12-6-2-7-13-27)28-14-8-3-9-15-28)33-22-20-31(21-23-33)24-25-16-18-32(19-17-25)26-10-4-1-5-11-26/h1-15,25H,16-24H2. The zero-order valence-electron chi connectivity index (χ0n) is 20.7. The Morgan fingerprint density at radius 3 is 1.69 bits per heavy atom. The van der Waals surface area contributed by atoms with Crippen molar-refractivity contribution in [3.8, 4) is 0 Å². The summed E-state index contributed by atoms with van der Waals surface area (Å²) in [6, 6.07) is 29.4. The van der Waals surface area contributed by atoms with E-state index < -0.39 is 11.8 Å². The largest absolute Gasteiger partial charge is 0.372 e. The average molecular weight is 483 g/mol. The Balaban J connectivity index is 1.15. The molecule has 2 fully saturated rings. The van der Waals surface area contributed by atoms with E-state index in [1.807, 2.05) is 60.7 Å². The molecule has 2 amide bonds. The van der Waals surface area contributed by atoms with E-state index in [0.29, 0.717) is 30.4 Å². The van der Waals surface area contributed by atoms with Crippen molar-refractivity contribution in [3.05, 3.63) is 91.0 Å². The lowest BCUT2D eigenvalue weighted by Crippen LogP contribution is -2.53. The molecule has 0 N–H and O–H groups in total. The smallest absolute Gasteiger partial charge is 0.321 e. The highest BCUT2D eigenvalue weighted by Gasteiger charge is 2.32. The van der Waals surface area contributed by atoms with Crippen LogP contribution in [0.25, 0.3) is 0 Å². The molecule has 0 atom stereocenters. The lowest BCUT2D eigenvalue weighted by atomic mass is 9.95. The minimum Gasteiger partial charge on any atom is -0.372 e. The molecule has 0 unspecified atom stereocenters. The van der Waals surface area contributed by atoms with Crippen LogP contribution in [0.2, 0.25) is 0 Å². The molecular weight excluding hydrogens is 448 g/mol. The molecule has 0 radical (unpaired) electrons. The lowest BCUT2D eigenvalue weighted by molar-refractivity contribution is -0.145. The van der Waals surface area contributed by atoms with Gasteiger partial charge in [-0.1, -0.05) is 54.6 Å². The Morgan fingerprint density at radius 1 is 0.667 bits per heavy atom. The van der Waals surface area contributed by atoms with Crippen LogP contribution in [0.4, 0.5) is 17.1 Å². The van der Waals surface area contributed by atoms with E-state index >= 15 is 0 Å². The number of hydrogen-bond donors (Lipinski definition) is 0. The summed E-state index contributed by atoms with van der Waals surface area (Å²) in [7, 11) is 0. The number of carbonyl (C=O) groups is 2. The maximum absolute atomic E-state index is 13.4. The van der Waals surface area contributed by atoms with Crippen molar-refractivity contribution in [3.63, 3.8) is 0 Å². The van der Waals surface area contributed by atoms with Crippen molar-refractivity contribution < 1.29 is 9.59 Å². The Hall–Kier alpha value is -3.64. The van der Waals surface area contributed by atoms with E-state index in [1.165, 1.54) is 23.4 Å². The van der Waals surface area contributed by atoms with Gasteiger partial charge in [-0.05, 0) is 55.2 Å². The average Bonchev–Trinajstić information content (AvgIpc) is 2.95. The summed E-state index contributed by atoms with van der Waals surface area (Å²) in [5.41, 5.74) is 2.71. The van der Waals surface area contributed by atoms with Crippen LogP contribution in [-0.2, 0) is 9.59 Å². The third kappa shape index (κ3) is 5.60.